The van der Waals surface area contributed by atoms with Crippen molar-refractivity contribution in [3.63, 3.8) is 0 Å². The van der Waals surface area contributed by atoms with E-state index in [-0.39, 0.29) is 6.16 Å². The summed E-state index contributed by atoms with van der Waals surface area (Å²) in [6.45, 7) is 6.14. The van der Waals surface area contributed by atoms with Crippen molar-refractivity contribution in [1.82, 2.24) is 0 Å². The van der Waals surface area contributed by atoms with Crippen LogP contribution < -0.4 is 0 Å². The van der Waals surface area contributed by atoms with Crippen LogP contribution >= 0.6 is 7.60 Å². The Hall–Kier alpha value is -0.870. The van der Waals surface area contributed by atoms with Gasteiger partial charge in [-0.25, -0.2) is 0 Å². The first-order valence-corrected chi connectivity index (χ1v) is 7.40. The quantitative estimate of drug-likeness (QED) is 0.708. The highest BCUT2D eigenvalue weighted by Crippen LogP contribution is 2.47. The van der Waals surface area contributed by atoms with Crippen LogP contribution in [0.1, 0.15) is 27.2 Å². The van der Waals surface area contributed by atoms with E-state index in [0.717, 1.165) is 6.42 Å². The number of nitrogens with zero attached hydrogens (tertiary/aromatic N) is 2. The largest absolute Gasteiger partial charge is 0.344 e. The van der Waals surface area contributed by atoms with Crippen molar-refractivity contribution in [3.05, 3.63) is 0 Å². The zero-order chi connectivity index (χ0) is 13.3. The molecule has 5 nitrogen and oxygen atoms in total. The van der Waals surface area contributed by atoms with Crippen LogP contribution in [-0.2, 0) is 13.6 Å². The third-order valence-corrected chi connectivity index (χ3v) is 4.02. The van der Waals surface area contributed by atoms with Gasteiger partial charge in [0.05, 0.1) is 25.4 Å². The third kappa shape index (κ3) is 7.13. The highest BCUT2D eigenvalue weighted by molar-refractivity contribution is 7.54. The Morgan fingerprint density at radius 3 is 1.94 bits per heavy atom. The van der Waals surface area contributed by atoms with Crippen LogP contribution in [0.5, 0.6) is 0 Å². The van der Waals surface area contributed by atoms with Crippen LogP contribution in [0.3, 0.4) is 0 Å². The molecule has 0 saturated heterocycles. The SMILES string of the molecule is CC1CC1C#N.CCOP(=O)(CC#N)OCC. The summed E-state index contributed by atoms with van der Waals surface area (Å²) in [5, 5.41) is 16.4. The second kappa shape index (κ2) is 8.25. The molecule has 0 radical (unpaired) electrons. The molecular weight excluding hydrogens is 239 g/mol. The Morgan fingerprint density at radius 2 is 1.76 bits per heavy atom. The first-order chi connectivity index (χ1) is 8.02. The summed E-state index contributed by atoms with van der Waals surface area (Å²) in [5.74, 6) is 1.11. The van der Waals surface area contributed by atoms with Gasteiger partial charge < -0.3 is 9.05 Å². The molecule has 0 aromatic carbocycles. The van der Waals surface area contributed by atoms with E-state index in [0.29, 0.717) is 25.0 Å². The molecule has 0 bridgehead atoms. The lowest BCUT2D eigenvalue weighted by molar-refractivity contribution is 0.223. The zero-order valence-corrected chi connectivity index (χ0v) is 11.4. The molecule has 0 aromatic heterocycles. The van der Waals surface area contributed by atoms with Gasteiger partial charge in [-0.1, -0.05) is 6.92 Å². The number of nitriles is 2. The molecule has 0 spiro atoms. The molecule has 0 aliphatic heterocycles. The summed E-state index contributed by atoms with van der Waals surface area (Å²) in [6, 6.07) is 3.95. The van der Waals surface area contributed by atoms with Crippen molar-refractivity contribution in [2.24, 2.45) is 11.8 Å². The van der Waals surface area contributed by atoms with Gasteiger partial charge in [-0.2, -0.15) is 10.5 Å². The van der Waals surface area contributed by atoms with Crippen LogP contribution in [0.2, 0.25) is 0 Å². The van der Waals surface area contributed by atoms with Crippen molar-refractivity contribution in [2.75, 3.05) is 19.4 Å². The molecule has 0 N–H and O–H groups in total. The zero-order valence-electron chi connectivity index (χ0n) is 10.5. The highest BCUT2D eigenvalue weighted by Gasteiger charge is 2.31. The van der Waals surface area contributed by atoms with E-state index in [1.807, 2.05) is 0 Å². The van der Waals surface area contributed by atoms with E-state index in [4.69, 9.17) is 19.6 Å². The number of rotatable bonds is 5. The van der Waals surface area contributed by atoms with Crippen molar-refractivity contribution in [3.8, 4) is 12.1 Å². The van der Waals surface area contributed by atoms with Crippen LogP contribution in [0.25, 0.3) is 0 Å². The summed E-state index contributed by atoms with van der Waals surface area (Å²) in [4.78, 5) is 0. The van der Waals surface area contributed by atoms with Crippen molar-refractivity contribution in [2.45, 2.75) is 27.2 Å². The average molecular weight is 258 g/mol. The van der Waals surface area contributed by atoms with Gasteiger partial charge in [0.25, 0.3) is 0 Å². The second-order valence-corrected chi connectivity index (χ2v) is 5.77. The van der Waals surface area contributed by atoms with Crippen LogP contribution in [0.15, 0.2) is 0 Å². The van der Waals surface area contributed by atoms with E-state index in [9.17, 15) is 4.57 Å². The van der Waals surface area contributed by atoms with E-state index in [1.54, 1.807) is 19.9 Å². The first kappa shape index (κ1) is 16.1. The summed E-state index contributed by atoms with van der Waals surface area (Å²) in [6.07, 6.45) is 0.963. The smallest absolute Gasteiger partial charge is 0.308 e. The molecule has 1 rings (SSSR count). The molecular formula is C11H19N2O3P. The minimum atomic E-state index is -3.08. The Balaban J connectivity index is 0.000000354. The second-order valence-electron chi connectivity index (χ2n) is 3.71. The van der Waals surface area contributed by atoms with E-state index in [1.165, 1.54) is 0 Å². The molecule has 2 atom stereocenters. The minimum Gasteiger partial charge on any atom is -0.308 e. The normalized spacial score (nSPS) is 21.7. The van der Waals surface area contributed by atoms with E-state index in [2.05, 4.69) is 13.0 Å². The van der Waals surface area contributed by atoms with Crippen molar-refractivity contribution in [1.29, 1.82) is 10.5 Å². The van der Waals surface area contributed by atoms with Gasteiger partial charge in [0.15, 0.2) is 0 Å². The molecule has 1 aliphatic carbocycles. The third-order valence-electron chi connectivity index (χ3n) is 2.19. The summed E-state index contributed by atoms with van der Waals surface area (Å²) in [7, 11) is -3.08. The number of hydrogen-bond donors (Lipinski definition) is 0. The van der Waals surface area contributed by atoms with Gasteiger partial charge in [-0.15, -0.1) is 0 Å². The summed E-state index contributed by atoms with van der Waals surface area (Å²) >= 11 is 0. The summed E-state index contributed by atoms with van der Waals surface area (Å²) in [5.41, 5.74) is 0. The molecule has 2 unspecified atom stereocenters. The van der Waals surface area contributed by atoms with Crippen LogP contribution in [0, 0.1) is 34.5 Å². The maximum Gasteiger partial charge on any atom is 0.344 e. The van der Waals surface area contributed by atoms with Crippen molar-refractivity contribution < 1.29 is 13.6 Å². The van der Waals surface area contributed by atoms with E-state index >= 15 is 0 Å². The molecule has 1 aliphatic rings. The Labute approximate surface area is 103 Å². The summed E-state index contributed by atoms with van der Waals surface area (Å²) < 4.78 is 21.0. The van der Waals surface area contributed by atoms with Gasteiger partial charge in [-0.05, 0) is 26.2 Å². The van der Waals surface area contributed by atoms with Gasteiger partial charge in [0.1, 0.15) is 6.16 Å². The molecule has 6 heteroatoms. The predicted octanol–water partition coefficient (Wildman–Crippen LogP) is 2.94. The van der Waals surface area contributed by atoms with Crippen LogP contribution in [-0.4, -0.2) is 19.4 Å². The fourth-order valence-corrected chi connectivity index (χ4v) is 2.33. The highest BCUT2D eigenvalue weighted by atomic mass is 31.2. The molecule has 17 heavy (non-hydrogen) atoms. The van der Waals surface area contributed by atoms with Crippen LogP contribution in [0.4, 0.5) is 0 Å². The van der Waals surface area contributed by atoms with Crippen molar-refractivity contribution >= 4 is 7.60 Å². The molecule has 96 valence electrons. The minimum absolute atomic E-state index is 0.172. The molecule has 0 heterocycles. The standard InChI is InChI=1S/C6H12NO3P.C5H7N/c1-3-9-11(8,6-5-7)10-4-2;1-4-2-5(4)3-6/h3-4,6H2,1-2H3;4-5H,2H2,1H3. The predicted molar refractivity (Wildman–Crippen MR) is 64.2 cm³/mol. The maximum absolute atomic E-state index is 11.3. The van der Waals surface area contributed by atoms with Gasteiger partial charge >= 0.3 is 7.60 Å². The Morgan fingerprint density at radius 1 is 1.29 bits per heavy atom. The molecule has 0 aromatic rings. The molecule has 0 amide bonds. The lowest BCUT2D eigenvalue weighted by Gasteiger charge is -2.12. The van der Waals surface area contributed by atoms with Gasteiger partial charge in [0.2, 0.25) is 0 Å². The van der Waals surface area contributed by atoms with Gasteiger partial charge in [-0.3, -0.25) is 4.57 Å². The molecule has 1 fully saturated rings. The lowest BCUT2D eigenvalue weighted by atomic mass is 10.4. The Kier molecular flexibility index (Phi) is 7.83. The lowest BCUT2D eigenvalue weighted by Crippen LogP contribution is -1.98. The number of hydrogen-bond acceptors (Lipinski definition) is 5. The van der Waals surface area contributed by atoms with Gasteiger partial charge in [0, 0.05) is 5.92 Å². The molecule has 1 saturated carbocycles. The topological polar surface area (TPSA) is 83.1 Å². The average Bonchev–Trinajstić information content (AvgIpc) is 2.96. The van der Waals surface area contributed by atoms with E-state index < -0.39 is 7.60 Å². The fraction of sp³-hybridized carbons (Fsp3) is 0.818. The monoisotopic (exact) mass is 258 g/mol. The fourth-order valence-electron chi connectivity index (χ4n) is 1.11. The maximum atomic E-state index is 11.3. The first-order valence-electron chi connectivity index (χ1n) is 5.67. The Bertz CT molecular complexity index is 336.